The third-order valence-corrected chi connectivity index (χ3v) is 6.01. The van der Waals surface area contributed by atoms with Crippen molar-refractivity contribution in [2.24, 2.45) is 5.92 Å². The Bertz CT molecular complexity index is 867. The molecule has 2 aromatic rings. The van der Waals surface area contributed by atoms with Gasteiger partial charge >= 0.3 is 0 Å². The zero-order chi connectivity index (χ0) is 18.3. The summed E-state index contributed by atoms with van der Waals surface area (Å²) in [5, 5.41) is 0. The molecule has 2 aromatic carbocycles. The van der Waals surface area contributed by atoms with Crippen molar-refractivity contribution in [3.05, 3.63) is 54.1 Å². The predicted molar refractivity (Wildman–Crippen MR) is 106 cm³/mol. The molecule has 0 saturated carbocycles. The number of carbonyl (C=O) groups is 2. The topological polar surface area (TPSA) is 40.6 Å². The zero-order valence-corrected chi connectivity index (χ0v) is 15.8. The van der Waals surface area contributed by atoms with Crippen molar-refractivity contribution < 1.29 is 9.59 Å². The van der Waals surface area contributed by atoms with Gasteiger partial charge in [0.05, 0.1) is 5.92 Å². The molecule has 0 aliphatic carbocycles. The molecule has 4 rings (SSSR count). The van der Waals surface area contributed by atoms with Crippen molar-refractivity contribution in [2.75, 3.05) is 22.6 Å². The van der Waals surface area contributed by atoms with Gasteiger partial charge in [-0.25, -0.2) is 0 Å². The van der Waals surface area contributed by atoms with E-state index < -0.39 is 0 Å². The lowest BCUT2D eigenvalue weighted by Gasteiger charge is -2.26. The number of hydrogen-bond acceptors (Lipinski definition) is 3. The lowest BCUT2D eigenvalue weighted by atomic mass is 10.1. The standard InChI is InChI=1S/C21H22N2O2S/c1-14-10-15-6-3-4-9-19(15)23(14)21(25)16-11-20(24)22(13-16)17-7-5-8-18(12-17)26-2/h3-9,12,14,16H,10-11,13H2,1-2H3. The quantitative estimate of drug-likeness (QED) is 0.777. The number of rotatable bonds is 3. The Morgan fingerprint density at radius 3 is 2.73 bits per heavy atom. The molecular formula is C21H22N2O2S. The van der Waals surface area contributed by atoms with Crippen molar-refractivity contribution in [1.82, 2.24) is 0 Å². The average molecular weight is 366 g/mol. The van der Waals surface area contributed by atoms with E-state index in [1.54, 1.807) is 16.7 Å². The number of para-hydroxylation sites is 1. The third-order valence-electron chi connectivity index (χ3n) is 5.28. The Kier molecular flexibility index (Phi) is 4.49. The van der Waals surface area contributed by atoms with E-state index >= 15 is 0 Å². The van der Waals surface area contributed by atoms with Crippen LogP contribution >= 0.6 is 11.8 Å². The van der Waals surface area contributed by atoms with E-state index in [2.05, 4.69) is 13.0 Å². The number of fused-ring (bicyclic) bond motifs is 1. The molecule has 2 aliphatic heterocycles. The van der Waals surface area contributed by atoms with Crippen LogP contribution in [0.15, 0.2) is 53.4 Å². The fraction of sp³-hybridized carbons (Fsp3) is 0.333. The largest absolute Gasteiger partial charge is 0.312 e. The van der Waals surface area contributed by atoms with Crippen LogP contribution < -0.4 is 9.80 Å². The smallest absolute Gasteiger partial charge is 0.232 e. The Labute approximate surface area is 158 Å². The van der Waals surface area contributed by atoms with Crippen molar-refractivity contribution in [3.8, 4) is 0 Å². The van der Waals surface area contributed by atoms with E-state index in [4.69, 9.17) is 0 Å². The zero-order valence-electron chi connectivity index (χ0n) is 15.0. The van der Waals surface area contributed by atoms with E-state index in [-0.39, 0.29) is 30.2 Å². The molecular weight excluding hydrogens is 344 g/mol. The number of anilines is 2. The highest BCUT2D eigenvalue weighted by atomic mass is 32.2. The van der Waals surface area contributed by atoms with Gasteiger partial charge < -0.3 is 9.80 Å². The summed E-state index contributed by atoms with van der Waals surface area (Å²) in [6.07, 6.45) is 3.18. The normalized spacial score (nSPS) is 22.0. The molecule has 0 aromatic heterocycles. The molecule has 0 N–H and O–H groups in total. The summed E-state index contributed by atoms with van der Waals surface area (Å²) >= 11 is 1.65. The van der Waals surface area contributed by atoms with Gasteiger partial charge in [-0.3, -0.25) is 9.59 Å². The Hall–Kier alpha value is -2.27. The number of benzene rings is 2. The molecule has 2 atom stereocenters. The second-order valence-electron chi connectivity index (χ2n) is 7.00. The van der Waals surface area contributed by atoms with Crippen LogP contribution in [0.2, 0.25) is 0 Å². The maximum absolute atomic E-state index is 13.2. The number of carbonyl (C=O) groups excluding carboxylic acids is 2. The molecule has 2 aliphatic rings. The number of nitrogens with zero attached hydrogens (tertiary/aromatic N) is 2. The first-order chi connectivity index (χ1) is 12.6. The highest BCUT2D eigenvalue weighted by Gasteiger charge is 2.41. The van der Waals surface area contributed by atoms with Gasteiger partial charge in [-0.05, 0) is 49.4 Å². The third kappa shape index (κ3) is 2.90. The molecule has 1 saturated heterocycles. The van der Waals surface area contributed by atoms with E-state index in [0.29, 0.717) is 6.54 Å². The fourth-order valence-corrected chi connectivity index (χ4v) is 4.45. The first-order valence-corrected chi connectivity index (χ1v) is 10.2. The number of thioether (sulfide) groups is 1. The van der Waals surface area contributed by atoms with Gasteiger partial charge in [0, 0.05) is 35.3 Å². The Morgan fingerprint density at radius 2 is 1.92 bits per heavy atom. The van der Waals surface area contributed by atoms with Crippen molar-refractivity contribution in [1.29, 1.82) is 0 Å². The molecule has 2 unspecified atom stereocenters. The van der Waals surface area contributed by atoms with Gasteiger partial charge in [-0.2, -0.15) is 0 Å². The number of amides is 2. The molecule has 1 fully saturated rings. The summed E-state index contributed by atoms with van der Waals surface area (Å²) in [7, 11) is 0. The monoisotopic (exact) mass is 366 g/mol. The van der Waals surface area contributed by atoms with Crippen LogP contribution in [0.4, 0.5) is 11.4 Å². The minimum atomic E-state index is -0.283. The minimum absolute atomic E-state index is 0.0294. The minimum Gasteiger partial charge on any atom is -0.312 e. The second-order valence-corrected chi connectivity index (χ2v) is 7.88. The molecule has 0 bridgehead atoms. The maximum atomic E-state index is 13.2. The maximum Gasteiger partial charge on any atom is 0.232 e. The van der Waals surface area contributed by atoms with Crippen LogP contribution in [-0.4, -0.2) is 30.7 Å². The van der Waals surface area contributed by atoms with Crippen molar-refractivity contribution in [2.45, 2.75) is 30.7 Å². The SMILES string of the molecule is CSc1cccc(N2CC(C(=O)N3c4ccccc4CC3C)CC2=O)c1. The van der Waals surface area contributed by atoms with E-state index in [1.165, 1.54) is 5.56 Å². The lowest BCUT2D eigenvalue weighted by molar-refractivity contribution is -0.124. The van der Waals surface area contributed by atoms with Crippen molar-refractivity contribution >= 4 is 35.0 Å². The second kappa shape index (κ2) is 6.80. The summed E-state index contributed by atoms with van der Waals surface area (Å²) in [4.78, 5) is 30.6. The highest BCUT2D eigenvalue weighted by Crippen LogP contribution is 2.35. The summed E-state index contributed by atoms with van der Waals surface area (Å²) in [5.74, 6) is -0.185. The first kappa shape index (κ1) is 17.2. The van der Waals surface area contributed by atoms with Gasteiger partial charge in [-0.1, -0.05) is 24.3 Å². The van der Waals surface area contributed by atoms with Gasteiger partial charge in [0.25, 0.3) is 0 Å². The summed E-state index contributed by atoms with van der Waals surface area (Å²) in [5.41, 5.74) is 3.09. The Balaban J connectivity index is 1.56. The molecule has 134 valence electrons. The molecule has 0 radical (unpaired) electrons. The Morgan fingerprint density at radius 1 is 1.12 bits per heavy atom. The molecule has 4 nitrogen and oxygen atoms in total. The van der Waals surface area contributed by atoms with Crippen LogP contribution in [0.1, 0.15) is 18.9 Å². The van der Waals surface area contributed by atoms with E-state index in [1.807, 2.05) is 53.6 Å². The molecule has 26 heavy (non-hydrogen) atoms. The van der Waals surface area contributed by atoms with Gasteiger partial charge in [0.15, 0.2) is 0 Å². The van der Waals surface area contributed by atoms with E-state index in [0.717, 1.165) is 22.7 Å². The molecule has 0 spiro atoms. The molecule has 2 amide bonds. The van der Waals surface area contributed by atoms with Crippen LogP contribution in [0, 0.1) is 5.92 Å². The summed E-state index contributed by atoms with van der Waals surface area (Å²) in [6, 6.07) is 16.2. The fourth-order valence-electron chi connectivity index (χ4n) is 4.00. The average Bonchev–Trinajstić information content (AvgIpc) is 3.20. The number of hydrogen-bond donors (Lipinski definition) is 0. The van der Waals surface area contributed by atoms with Crippen LogP contribution in [0.5, 0.6) is 0 Å². The van der Waals surface area contributed by atoms with Crippen LogP contribution in [0.3, 0.4) is 0 Å². The van der Waals surface area contributed by atoms with Gasteiger partial charge in [0.2, 0.25) is 11.8 Å². The molecule has 2 heterocycles. The molecule has 5 heteroatoms. The summed E-state index contributed by atoms with van der Waals surface area (Å²) in [6.45, 7) is 2.54. The van der Waals surface area contributed by atoms with Gasteiger partial charge in [0.1, 0.15) is 0 Å². The van der Waals surface area contributed by atoms with Crippen LogP contribution in [-0.2, 0) is 16.0 Å². The first-order valence-electron chi connectivity index (χ1n) is 8.94. The lowest BCUT2D eigenvalue weighted by Crippen LogP contribution is -2.41. The van der Waals surface area contributed by atoms with Crippen LogP contribution in [0.25, 0.3) is 0 Å². The van der Waals surface area contributed by atoms with Crippen molar-refractivity contribution in [3.63, 3.8) is 0 Å². The predicted octanol–water partition coefficient (Wildman–Crippen LogP) is 3.74. The summed E-state index contributed by atoms with van der Waals surface area (Å²) < 4.78 is 0. The highest BCUT2D eigenvalue weighted by molar-refractivity contribution is 7.98. The van der Waals surface area contributed by atoms with E-state index in [9.17, 15) is 9.59 Å². The van der Waals surface area contributed by atoms with Gasteiger partial charge in [-0.15, -0.1) is 11.8 Å².